The van der Waals surface area contributed by atoms with Crippen molar-refractivity contribution in [2.75, 3.05) is 6.61 Å². The second kappa shape index (κ2) is 2.27. The summed E-state index contributed by atoms with van der Waals surface area (Å²) in [7, 11) is 0. The molecule has 74 valence electrons. The topological polar surface area (TPSA) is 55.5 Å². The highest BCUT2D eigenvalue weighted by Gasteiger charge is 2.57. The van der Waals surface area contributed by atoms with Crippen LogP contribution in [0.3, 0.4) is 0 Å². The highest BCUT2D eigenvalue weighted by Crippen LogP contribution is 2.55. The van der Waals surface area contributed by atoms with E-state index in [0.29, 0.717) is 11.8 Å². The number of aliphatic hydroxyl groups is 1. The van der Waals surface area contributed by atoms with Crippen LogP contribution in [0.2, 0.25) is 0 Å². The predicted octanol–water partition coefficient (Wildman–Crippen LogP) is 0.613. The van der Waals surface area contributed by atoms with Gasteiger partial charge in [-0.05, 0) is 43.9 Å². The summed E-state index contributed by atoms with van der Waals surface area (Å²) in [6.45, 7) is 0.152. The first kappa shape index (κ1) is 8.21. The van der Waals surface area contributed by atoms with E-state index in [1.165, 1.54) is 6.42 Å². The maximum atomic E-state index is 9.37. The lowest BCUT2D eigenvalue weighted by atomic mass is 9.60. The van der Waals surface area contributed by atoms with Gasteiger partial charge >= 0.3 is 0 Å². The third-order valence-corrected chi connectivity index (χ3v) is 3.96. The summed E-state index contributed by atoms with van der Waals surface area (Å²) in [5.74, 6) is 1.41. The zero-order valence-electron chi connectivity index (χ0n) is 7.83. The van der Waals surface area contributed by atoms with Crippen LogP contribution in [0.25, 0.3) is 0 Å². The predicted molar refractivity (Wildman–Crippen MR) is 47.9 cm³/mol. The van der Waals surface area contributed by atoms with Gasteiger partial charge in [-0.3, -0.25) is 0 Å². The molecule has 0 spiro atoms. The van der Waals surface area contributed by atoms with Crippen LogP contribution >= 0.6 is 0 Å². The molecule has 2 heterocycles. The Hall–Kier alpha value is -0.120. The quantitative estimate of drug-likeness (QED) is 0.626. The van der Waals surface area contributed by atoms with Crippen molar-refractivity contribution in [3.8, 4) is 0 Å². The molecular weight excluding hydrogens is 166 g/mol. The van der Waals surface area contributed by atoms with Crippen molar-refractivity contribution in [3.63, 3.8) is 0 Å². The molecule has 0 radical (unpaired) electrons. The van der Waals surface area contributed by atoms with E-state index >= 15 is 0 Å². The molecule has 0 amide bonds. The fourth-order valence-corrected chi connectivity index (χ4v) is 3.90. The Balaban J connectivity index is 1.95. The summed E-state index contributed by atoms with van der Waals surface area (Å²) >= 11 is 0. The third-order valence-electron chi connectivity index (χ3n) is 3.96. The standard InChI is InChI=1S/C10H17NO2/c11-10-4-7-1-8(5-10)3-9(2-7,6-12)13-10/h7-8,12H,1-6,11H2/t7-,8-,9?,10?/m0/s1. The van der Waals surface area contributed by atoms with E-state index in [1.54, 1.807) is 0 Å². The summed E-state index contributed by atoms with van der Waals surface area (Å²) in [5, 5.41) is 9.37. The molecule has 0 aromatic rings. The number of nitrogens with two attached hydrogens (primary N) is 1. The molecule has 13 heavy (non-hydrogen) atoms. The monoisotopic (exact) mass is 183 g/mol. The van der Waals surface area contributed by atoms with E-state index in [4.69, 9.17) is 10.5 Å². The molecule has 2 aliphatic carbocycles. The zero-order valence-corrected chi connectivity index (χ0v) is 7.83. The fraction of sp³-hybridized carbons (Fsp3) is 1.00. The summed E-state index contributed by atoms with van der Waals surface area (Å²) < 4.78 is 5.88. The average Bonchev–Trinajstić information content (AvgIpc) is 1.99. The molecule has 4 fully saturated rings. The molecule has 0 aromatic carbocycles. The minimum Gasteiger partial charge on any atom is -0.393 e. The summed E-state index contributed by atoms with van der Waals surface area (Å²) in [6, 6.07) is 0. The van der Waals surface area contributed by atoms with Crippen molar-refractivity contribution < 1.29 is 9.84 Å². The van der Waals surface area contributed by atoms with Crippen LogP contribution in [-0.2, 0) is 4.74 Å². The van der Waals surface area contributed by atoms with E-state index in [0.717, 1.165) is 25.7 Å². The van der Waals surface area contributed by atoms with Crippen molar-refractivity contribution in [2.45, 2.75) is 43.4 Å². The summed E-state index contributed by atoms with van der Waals surface area (Å²) in [6.07, 6.45) is 5.37. The maximum absolute atomic E-state index is 9.37. The number of hydrogen-bond acceptors (Lipinski definition) is 3. The van der Waals surface area contributed by atoms with Crippen LogP contribution in [0.15, 0.2) is 0 Å². The minimum atomic E-state index is -0.396. The van der Waals surface area contributed by atoms with Gasteiger partial charge in [0.15, 0.2) is 0 Å². The Morgan fingerprint density at radius 2 is 1.85 bits per heavy atom. The van der Waals surface area contributed by atoms with Crippen molar-refractivity contribution >= 4 is 0 Å². The van der Waals surface area contributed by atoms with Crippen LogP contribution in [-0.4, -0.2) is 23.0 Å². The van der Waals surface area contributed by atoms with Gasteiger partial charge < -0.3 is 15.6 Å². The molecule has 2 atom stereocenters. The van der Waals surface area contributed by atoms with Crippen LogP contribution in [0.1, 0.15) is 32.1 Å². The molecule has 4 bridgehead atoms. The van der Waals surface area contributed by atoms with Gasteiger partial charge in [0.2, 0.25) is 0 Å². The van der Waals surface area contributed by atoms with Gasteiger partial charge in [0.05, 0.1) is 12.2 Å². The van der Waals surface area contributed by atoms with E-state index in [-0.39, 0.29) is 12.2 Å². The largest absolute Gasteiger partial charge is 0.393 e. The Kier molecular flexibility index (Phi) is 1.43. The molecule has 0 unspecified atom stereocenters. The lowest BCUT2D eigenvalue weighted by molar-refractivity contribution is -0.281. The lowest BCUT2D eigenvalue weighted by Crippen LogP contribution is -2.66. The second-order valence-electron chi connectivity index (χ2n) is 5.29. The highest BCUT2D eigenvalue weighted by molar-refractivity contribution is 5.05. The number of rotatable bonds is 1. The van der Waals surface area contributed by atoms with Gasteiger partial charge in [0, 0.05) is 0 Å². The summed E-state index contributed by atoms with van der Waals surface area (Å²) in [4.78, 5) is 0. The Labute approximate surface area is 78.3 Å². The zero-order chi connectivity index (χ0) is 9.10. The smallest absolute Gasteiger partial charge is 0.118 e. The van der Waals surface area contributed by atoms with Gasteiger partial charge in [-0.1, -0.05) is 0 Å². The van der Waals surface area contributed by atoms with E-state index < -0.39 is 5.72 Å². The number of aliphatic hydroxyl groups excluding tert-OH is 1. The third kappa shape index (κ3) is 1.07. The first-order chi connectivity index (χ1) is 6.13. The van der Waals surface area contributed by atoms with Crippen LogP contribution in [0, 0.1) is 11.8 Å². The van der Waals surface area contributed by atoms with Crippen molar-refractivity contribution in [1.29, 1.82) is 0 Å². The van der Waals surface area contributed by atoms with Crippen molar-refractivity contribution in [2.24, 2.45) is 17.6 Å². The molecule has 4 rings (SSSR count). The minimum absolute atomic E-state index is 0.152. The Morgan fingerprint density at radius 3 is 2.31 bits per heavy atom. The van der Waals surface area contributed by atoms with Gasteiger partial charge in [-0.25, -0.2) is 0 Å². The highest BCUT2D eigenvalue weighted by atomic mass is 16.5. The molecule has 2 saturated carbocycles. The fourth-order valence-electron chi connectivity index (χ4n) is 3.90. The molecule has 2 aliphatic heterocycles. The lowest BCUT2D eigenvalue weighted by Gasteiger charge is -2.60. The van der Waals surface area contributed by atoms with Crippen LogP contribution < -0.4 is 5.73 Å². The molecule has 3 N–H and O–H groups in total. The molecule has 3 heteroatoms. The van der Waals surface area contributed by atoms with Gasteiger partial charge in [-0.15, -0.1) is 0 Å². The van der Waals surface area contributed by atoms with Crippen molar-refractivity contribution in [1.82, 2.24) is 0 Å². The molecule has 3 nitrogen and oxygen atoms in total. The molecule has 2 saturated heterocycles. The number of hydrogen-bond donors (Lipinski definition) is 2. The van der Waals surface area contributed by atoms with Gasteiger partial charge in [0.25, 0.3) is 0 Å². The van der Waals surface area contributed by atoms with E-state index in [1.807, 2.05) is 0 Å². The average molecular weight is 183 g/mol. The normalized spacial score (nSPS) is 58.6. The van der Waals surface area contributed by atoms with Gasteiger partial charge in [-0.2, -0.15) is 0 Å². The first-order valence-corrected chi connectivity index (χ1v) is 5.23. The number of ether oxygens (including phenoxy) is 1. The summed E-state index contributed by atoms with van der Waals surface area (Å²) in [5.41, 5.74) is 5.49. The Bertz CT molecular complexity index is 227. The molecule has 0 aromatic heterocycles. The van der Waals surface area contributed by atoms with Gasteiger partial charge in [0.1, 0.15) is 5.72 Å². The first-order valence-electron chi connectivity index (χ1n) is 5.23. The maximum Gasteiger partial charge on any atom is 0.118 e. The van der Waals surface area contributed by atoms with Crippen LogP contribution in [0.5, 0.6) is 0 Å². The Morgan fingerprint density at radius 1 is 1.23 bits per heavy atom. The molecule has 4 aliphatic rings. The van der Waals surface area contributed by atoms with Crippen LogP contribution in [0.4, 0.5) is 0 Å². The van der Waals surface area contributed by atoms with E-state index in [9.17, 15) is 5.11 Å². The SMILES string of the molecule is NC12C[C@H]3C[C@H](C1)CC(CO)(C3)O2. The molecular formula is C10H17NO2. The van der Waals surface area contributed by atoms with Crippen molar-refractivity contribution in [3.05, 3.63) is 0 Å². The second-order valence-corrected chi connectivity index (χ2v) is 5.29. The van der Waals surface area contributed by atoms with E-state index in [2.05, 4.69) is 0 Å².